The molecule has 2 aliphatic rings. The number of rotatable bonds is 5. The van der Waals surface area contributed by atoms with Gasteiger partial charge in [-0.1, -0.05) is 44.2 Å². The Balaban J connectivity index is 1.65. The summed E-state index contributed by atoms with van der Waals surface area (Å²) in [5.41, 5.74) is 1.15. The highest BCUT2D eigenvalue weighted by Crippen LogP contribution is 2.28. The standard InChI is InChI=1S/C19H25NO4/c1-13(2)10-15(11-14-6-4-3-5-7-14)24-19(22)20-9-8-17-18(20)16(21)12-23-17/h3-7,13,15,17-18H,8-12H2,1-2H3/t15?,17-,18-/m1/s1. The third kappa shape index (κ3) is 3.78. The van der Waals surface area contributed by atoms with Crippen molar-refractivity contribution in [2.75, 3.05) is 13.2 Å². The molecule has 5 heteroatoms. The van der Waals surface area contributed by atoms with Gasteiger partial charge in [-0.2, -0.15) is 0 Å². The molecule has 2 heterocycles. The highest BCUT2D eigenvalue weighted by molar-refractivity contribution is 5.91. The van der Waals surface area contributed by atoms with Crippen molar-refractivity contribution < 1.29 is 19.1 Å². The van der Waals surface area contributed by atoms with Gasteiger partial charge in [-0.25, -0.2) is 4.79 Å². The number of hydrogen-bond donors (Lipinski definition) is 0. The Morgan fingerprint density at radius 3 is 2.79 bits per heavy atom. The third-order valence-electron chi connectivity index (χ3n) is 4.65. The molecule has 1 amide bonds. The van der Waals surface area contributed by atoms with Gasteiger partial charge in [0.05, 0.1) is 6.10 Å². The molecule has 2 aliphatic heterocycles. The molecule has 130 valence electrons. The topological polar surface area (TPSA) is 55.8 Å². The fourth-order valence-electron chi connectivity index (χ4n) is 3.59. The molecule has 1 unspecified atom stereocenters. The average molecular weight is 331 g/mol. The Morgan fingerprint density at radius 2 is 2.08 bits per heavy atom. The Kier molecular flexibility index (Phi) is 5.19. The summed E-state index contributed by atoms with van der Waals surface area (Å²) in [5, 5.41) is 0. The molecule has 0 N–H and O–H groups in total. The molecule has 0 aromatic heterocycles. The number of ketones is 1. The second kappa shape index (κ2) is 7.34. The molecule has 3 atom stereocenters. The number of ether oxygens (including phenoxy) is 2. The molecule has 0 radical (unpaired) electrons. The summed E-state index contributed by atoms with van der Waals surface area (Å²) >= 11 is 0. The van der Waals surface area contributed by atoms with E-state index in [0.717, 1.165) is 12.0 Å². The monoisotopic (exact) mass is 331 g/mol. The molecular formula is C19H25NO4. The van der Waals surface area contributed by atoms with Gasteiger partial charge in [0.1, 0.15) is 18.8 Å². The Labute approximate surface area is 142 Å². The van der Waals surface area contributed by atoms with Crippen molar-refractivity contribution in [3.05, 3.63) is 35.9 Å². The largest absolute Gasteiger partial charge is 0.446 e. The van der Waals surface area contributed by atoms with Crippen LogP contribution >= 0.6 is 0 Å². The maximum atomic E-state index is 12.6. The molecule has 0 bridgehead atoms. The molecule has 1 aromatic carbocycles. The van der Waals surface area contributed by atoms with E-state index in [0.29, 0.717) is 25.3 Å². The van der Waals surface area contributed by atoms with Gasteiger partial charge in [0.25, 0.3) is 0 Å². The zero-order valence-corrected chi connectivity index (χ0v) is 14.3. The highest BCUT2D eigenvalue weighted by Gasteiger charge is 2.47. The van der Waals surface area contributed by atoms with Gasteiger partial charge in [-0.3, -0.25) is 9.69 Å². The van der Waals surface area contributed by atoms with Crippen molar-refractivity contribution >= 4 is 11.9 Å². The van der Waals surface area contributed by atoms with E-state index >= 15 is 0 Å². The molecule has 5 nitrogen and oxygen atoms in total. The van der Waals surface area contributed by atoms with Crippen molar-refractivity contribution in [2.24, 2.45) is 5.92 Å². The summed E-state index contributed by atoms with van der Waals surface area (Å²) in [5.74, 6) is 0.409. The molecule has 2 fully saturated rings. The van der Waals surface area contributed by atoms with E-state index in [4.69, 9.17) is 9.47 Å². The normalized spacial score (nSPS) is 24.3. The van der Waals surface area contributed by atoms with Crippen LogP contribution in [0.4, 0.5) is 4.79 Å². The van der Waals surface area contributed by atoms with E-state index in [-0.39, 0.29) is 30.7 Å². The first-order valence-electron chi connectivity index (χ1n) is 8.70. The number of carbonyl (C=O) groups is 2. The fourth-order valence-corrected chi connectivity index (χ4v) is 3.59. The first-order chi connectivity index (χ1) is 11.5. The van der Waals surface area contributed by atoms with Crippen molar-refractivity contribution in [2.45, 2.75) is 51.4 Å². The number of amides is 1. The Bertz CT molecular complexity index is 586. The van der Waals surface area contributed by atoms with Crippen LogP contribution in [-0.2, 0) is 20.7 Å². The van der Waals surface area contributed by atoms with Gasteiger partial charge < -0.3 is 9.47 Å². The summed E-state index contributed by atoms with van der Waals surface area (Å²) in [7, 11) is 0. The second-order valence-corrected chi connectivity index (χ2v) is 7.07. The van der Waals surface area contributed by atoms with E-state index < -0.39 is 6.04 Å². The van der Waals surface area contributed by atoms with E-state index in [2.05, 4.69) is 13.8 Å². The van der Waals surface area contributed by atoms with Gasteiger partial charge in [-0.05, 0) is 24.3 Å². The first-order valence-corrected chi connectivity index (χ1v) is 8.70. The first kappa shape index (κ1) is 17.0. The molecular weight excluding hydrogens is 306 g/mol. The van der Waals surface area contributed by atoms with Gasteiger partial charge in [-0.15, -0.1) is 0 Å². The Hall–Kier alpha value is -1.88. The molecule has 2 saturated heterocycles. The molecule has 1 aromatic rings. The quantitative estimate of drug-likeness (QED) is 0.832. The van der Waals surface area contributed by atoms with Crippen LogP contribution in [0.25, 0.3) is 0 Å². The molecule has 0 spiro atoms. The summed E-state index contributed by atoms with van der Waals surface area (Å²) in [6, 6.07) is 9.59. The number of nitrogens with zero attached hydrogens (tertiary/aromatic N) is 1. The summed E-state index contributed by atoms with van der Waals surface area (Å²) in [4.78, 5) is 26.1. The van der Waals surface area contributed by atoms with Crippen LogP contribution in [0.2, 0.25) is 0 Å². The smallest absolute Gasteiger partial charge is 0.410 e. The lowest BCUT2D eigenvalue weighted by molar-refractivity contribution is -0.121. The van der Waals surface area contributed by atoms with Crippen LogP contribution in [0.1, 0.15) is 32.3 Å². The lowest BCUT2D eigenvalue weighted by atomic mass is 9.99. The maximum absolute atomic E-state index is 12.6. The van der Waals surface area contributed by atoms with Crippen LogP contribution in [0.15, 0.2) is 30.3 Å². The van der Waals surface area contributed by atoms with Crippen LogP contribution in [-0.4, -0.2) is 48.2 Å². The maximum Gasteiger partial charge on any atom is 0.410 e. The van der Waals surface area contributed by atoms with Crippen molar-refractivity contribution in [1.82, 2.24) is 4.90 Å². The number of fused-ring (bicyclic) bond motifs is 1. The van der Waals surface area contributed by atoms with Crippen molar-refractivity contribution in [3.63, 3.8) is 0 Å². The lowest BCUT2D eigenvalue weighted by Crippen LogP contribution is -2.43. The van der Waals surface area contributed by atoms with Gasteiger partial charge >= 0.3 is 6.09 Å². The highest BCUT2D eigenvalue weighted by atomic mass is 16.6. The third-order valence-corrected chi connectivity index (χ3v) is 4.65. The van der Waals surface area contributed by atoms with Gasteiger partial charge in [0.15, 0.2) is 5.78 Å². The number of benzene rings is 1. The minimum atomic E-state index is -0.450. The van der Waals surface area contributed by atoms with Crippen LogP contribution in [0, 0.1) is 5.92 Å². The minimum Gasteiger partial charge on any atom is -0.446 e. The molecule has 0 aliphatic carbocycles. The summed E-state index contributed by atoms with van der Waals surface area (Å²) in [6.45, 7) is 4.87. The molecule has 0 saturated carbocycles. The predicted octanol–water partition coefficient (Wildman–Crippen LogP) is 2.82. The Morgan fingerprint density at radius 1 is 1.33 bits per heavy atom. The summed E-state index contributed by atoms with van der Waals surface area (Å²) in [6.07, 6.45) is 1.48. The SMILES string of the molecule is CC(C)CC(Cc1ccccc1)OC(=O)N1CC[C@H]2OCC(=O)[C@H]21. The van der Waals surface area contributed by atoms with E-state index in [9.17, 15) is 9.59 Å². The number of Topliss-reactive ketones (excluding diaryl/α,β-unsaturated/α-hetero) is 1. The number of hydrogen-bond acceptors (Lipinski definition) is 4. The van der Waals surface area contributed by atoms with Gasteiger partial charge in [0, 0.05) is 13.0 Å². The zero-order valence-electron chi connectivity index (χ0n) is 14.3. The van der Waals surface area contributed by atoms with E-state index in [1.165, 1.54) is 0 Å². The minimum absolute atomic E-state index is 0.0158. The summed E-state index contributed by atoms with van der Waals surface area (Å²) < 4.78 is 11.2. The zero-order chi connectivity index (χ0) is 17.1. The average Bonchev–Trinajstić information content (AvgIpc) is 3.11. The predicted molar refractivity (Wildman–Crippen MR) is 89.7 cm³/mol. The lowest BCUT2D eigenvalue weighted by Gasteiger charge is -2.26. The van der Waals surface area contributed by atoms with Crippen LogP contribution in [0.3, 0.4) is 0 Å². The fraction of sp³-hybridized carbons (Fsp3) is 0.579. The van der Waals surface area contributed by atoms with Crippen molar-refractivity contribution in [1.29, 1.82) is 0 Å². The molecule has 3 rings (SSSR count). The van der Waals surface area contributed by atoms with Gasteiger partial charge in [0.2, 0.25) is 0 Å². The van der Waals surface area contributed by atoms with E-state index in [1.54, 1.807) is 4.90 Å². The van der Waals surface area contributed by atoms with E-state index in [1.807, 2.05) is 30.3 Å². The number of carbonyl (C=O) groups excluding carboxylic acids is 2. The van der Waals surface area contributed by atoms with Crippen LogP contribution in [0.5, 0.6) is 0 Å². The number of likely N-dealkylation sites (tertiary alicyclic amines) is 1. The molecule has 24 heavy (non-hydrogen) atoms. The van der Waals surface area contributed by atoms with Crippen LogP contribution < -0.4 is 0 Å². The van der Waals surface area contributed by atoms with Crippen molar-refractivity contribution in [3.8, 4) is 0 Å². The second-order valence-electron chi connectivity index (χ2n) is 7.07.